The topological polar surface area (TPSA) is 64.1 Å². The smallest absolute Gasteiger partial charge is 0.405 e. The van der Waals surface area contributed by atoms with E-state index in [0.29, 0.717) is 10.7 Å². The first-order valence-electron chi connectivity index (χ1n) is 8.28. The van der Waals surface area contributed by atoms with Crippen LogP contribution in [-0.2, 0) is 11.3 Å². The molecule has 0 aliphatic carbocycles. The lowest BCUT2D eigenvalue weighted by molar-refractivity contribution is -0.274. The highest BCUT2D eigenvalue weighted by molar-refractivity contribution is 7.99. The number of halogens is 3. The molecule has 0 aliphatic rings. The number of carbonyl (C=O) groups is 1. The Morgan fingerprint density at radius 3 is 2.43 bits per heavy atom. The van der Waals surface area contributed by atoms with Gasteiger partial charge in [0.25, 0.3) is 0 Å². The van der Waals surface area contributed by atoms with E-state index in [-0.39, 0.29) is 29.5 Å². The Morgan fingerprint density at radius 2 is 1.71 bits per heavy atom. The Balaban J connectivity index is 1.59. The first-order valence-corrected chi connectivity index (χ1v) is 9.27. The molecule has 1 amide bonds. The van der Waals surface area contributed by atoms with Gasteiger partial charge < -0.3 is 10.1 Å². The van der Waals surface area contributed by atoms with Gasteiger partial charge in [-0.25, -0.2) is 9.97 Å². The van der Waals surface area contributed by atoms with E-state index in [1.54, 1.807) is 6.07 Å². The molecule has 0 spiro atoms. The molecule has 0 saturated heterocycles. The van der Waals surface area contributed by atoms with Crippen LogP contribution in [0.5, 0.6) is 5.75 Å². The summed E-state index contributed by atoms with van der Waals surface area (Å²) in [5.41, 5.74) is 2.45. The molecule has 28 heavy (non-hydrogen) atoms. The molecule has 1 N–H and O–H groups in total. The molecular formula is C19H16F3N3O2S. The lowest BCUT2D eigenvalue weighted by Gasteiger charge is -2.13. The van der Waals surface area contributed by atoms with Gasteiger partial charge in [0.15, 0.2) is 0 Å². The first kappa shape index (κ1) is 19.9. The number of hydrogen-bond donors (Lipinski definition) is 1. The minimum Gasteiger partial charge on any atom is -0.405 e. The largest absolute Gasteiger partial charge is 0.573 e. The number of para-hydroxylation sites is 3. The van der Waals surface area contributed by atoms with Gasteiger partial charge in [0.05, 0.1) is 22.5 Å². The van der Waals surface area contributed by atoms with Gasteiger partial charge in [-0.15, -0.1) is 13.2 Å². The Hall–Kier alpha value is -2.81. The summed E-state index contributed by atoms with van der Waals surface area (Å²) < 4.78 is 41.3. The van der Waals surface area contributed by atoms with Gasteiger partial charge >= 0.3 is 6.36 Å². The molecule has 0 aliphatic heterocycles. The van der Waals surface area contributed by atoms with E-state index in [1.165, 1.54) is 30.0 Å². The maximum absolute atomic E-state index is 12.5. The zero-order valence-corrected chi connectivity index (χ0v) is 15.6. The fourth-order valence-electron chi connectivity index (χ4n) is 2.46. The second-order valence-electron chi connectivity index (χ2n) is 5.82. The third kappa shape index (κ3) is 5.35. The van der Waals surface area contributed by atoms with Crippen molar-refractivity contribution in [2.45, 2.75) is 24.9 Å². The predicted octanol–water partition coefficient (Wildman–Crippen LogP) is 4.25. The summed E-state index contributed by atoms with van der Waals surface area (Å²) in [6, 6.07) is 13.1. The summed E-state index contributed by atoms with van der Waals surface area (Å²) in [5.74, 6) is -0.601. The van der Waals surface area contributed by atoms with Crippen LogP contribution in [0, 0.1) is 6.92 Å². The van der Waals surface area contributed by atoms with Crippen molar-refractivity contribution >= 4 is 28.7 Å². The van der Waals surface area contributed by atoms with Crippen LogP contribution in [0.1, 0.15) is 11.3 Å². The fraction of sp³-hybridized carbons (Fsp3) is 0.211. The second kappa shape index (κ2) is 8.47. The van der Waals surface area contributed by atoms with Crippen LogP contribution in [0.25, 0.3) is 11.0 Å². The van der Waals surface area contributed by atoms with Crippen LogP contribution in [-0.4, -0.2) is 28.0 Å². The molecule has 1 aromatic heterocycles. The van der Waals surface area contributed by atoms with Crippen molar-refractivity contribution in [3.63, 3.8) is 0 Å². The number of carbonyl (C=O) groups excluding carboxylic acids is 1. The molecule has 0 bridgehead atoms. The average Bonchev–Trinajstić information content (AvgIpc) is 2.64. The van der Waals surface area contributed by atoms with Gasteiger partial charge in [0.2, 0.25) is 5.91 Å². The SMILES string of the molecule is Cc1nc2ccccc2nc1SCC(=O)NCc1ccccc1OC(F)(F)F. The third-order valence-corrected chi connectivity index (χ3v) is 4.78. The van der Waals surface area contributed by atoms with Crippen LogP contribution in [0.4, 0.5) is 13.2 Å². The second-order valence-corrected chi connectivity index (χ2v) is 6.79. The fourth-order valence-corrected chi connectivity index (χ4v) is 3.25. The average molecular weight is 407 g/mol. The Kier molecular flexibility index (Phi) is 6.03. The molecule has 0 saturated carbocycles. The summed E-state index contributed by atoms with van der Waals surface area (Å²) in [6.07, 6.45) is -4.79. The van der Waals surface area contributed by atoms with E-state index < -0.39 is 6.36 Å². The van der Waals surface area contributed by atoms with Crippen LogP contribution in [0.2, 0.25) is 0 Å². The first-order chi connectivity index (χ1) is 13.3. The van der Waals surface area contributed by atoms with Crippen molar-refractivity contribution in [3.05, 3.63) is 59.8 Å². The van der Waals surface area contributed by atoms with Gasteiger partial charge in [-0.1, -0.05) is 42.1 Å². The van der Waals surface area contributed by atoms with E-state index in [1.807, 2.05) is 31.2 Å². The van der Waals surface area contributed by atoms with Crippen LogP contribution < -0.4 is 10.1 Å². The van der Waals surface area contributed by atoms with Crippen LogP contribution in [0.15, 0.2) is 53.6 Å². The van der Waals surface area contributed by atoms with Gasteiger partial charge in [-0.2, -0.15) is 0 Å². The highest BCUT2D eigenvalue weighted by atomic mass is 32.2. The number of nitrogens with zero attached hydrogens (tertiary/aromatic N) is 2. The number of rotatable bonds is 6. The maximum Gasteiger partial charge on any atom is 0.573 e. The van der Waals surface area contributed by atoms with Crippen molar-refractivity contribution in [1.29, 1.82) is 0 Å². The van der Waals surface area contributed by atoms with Gasteiger partial charge in [-0.05, 0) is 25.1 Å². The lowest BCUT2D eigenvalue weighted by atomic mass is 10.2. The van der Waals surface area contributed by atoms with E-state index in [2.05, 4.69) is 20.0 Å². The van der Waals surface area contributed by atoms with Crippen molar-refractivity contribution in [2.24, 2.45) is 0 Å². The molecule has 1 heterocycles. The zero-order chi connectivity index (χ0) is 20.1. The number of thioether (sulfide) groups is 1. The summed E-state index contributed by atoms with van der Waals surface area (Å²) in [7, 11) is 0. The van der Waals surface area contributed by atoms with E-state index in [9.17, 15) is 18.0 Å². The molecule has 0 fully saturated rings. The minimum absolute atomic E-state index is 0.0656. The quantitative estimate of drug-likeness (QED) is 0.619. The lowest BCUT2D eigenvalue weighted by Crippen LogP contribution is -2.26. The van der Waals surface area contributed by atoms with Gasteiger partial charge in [-0.3, -0.25) is 4.79 Å². The highest BCUT2D eigenvalue weighted by Crippen LogP contribution is 2.26. The number of ether oxygens (including phenoxy) is 1. The molecular weight excluding hydrogens is 391 g/mol. The summed E-state index contributed by atoms with van der Waals surface area (Å²) in [4.78, 5) is 21.1. The molecule has 9 heteroatoms. The van der Waals surface area contributed by atoms with E-state index in [0.717, 1.165) is 11.0 Å². The summed E-state index contributed by atoms with van der Waals surface area (Å²) >= 11 is 1.22. The number of hydrogen-bond acceptors (Lipinski definition) is 5. The van der Waals surface area contributed by atoms with Gasteiger partial charge in [0.1, 0.15) is 10.8 Å². The molecule has 2 aromatic carbocycles. The number of aryl methyl sites for hydroxylation is 1. The summed E-state index contributed by atoms with van der Waals surface area (Å²) in [5, 5.41) is 3.23. The number of fused-ring (bicyclic) bond motifs is 1. The summed E-state index contributed by atoms with van der Waals surface area (Å²) in [6.45, 7) is 1.73. The molecule has 146 valence electrons. The molecule has 0 unspecified atom stereocenters. The normalized spacial score (nSPS) is 11.4. The zero-order valence-electron chi connectivity index (χ0n) is 14.8. The Labute approximate surface area is 163 Å². The van der Waals surface area contributed by atoms with E-state index in [4.69, 9.17) is 0 Å². The minimum atomic E-state index is -4.79. The maximum atomic E-state index is 12.5. The standard InChI is InChI=1S/C19H16F3N3O2S/c1-12-18(25-15-8-4-3-7-14(15)24-12)28-11-17(26)23-10-13-6-2-5-9-16(13)27-19(20,21)22/h2-9H,10-11H2,1H3,(H,23,26). The number of aromatic nitrogens is 2. The molecule has 3 rings (SSSR count). The predicted molar refractivity (Wildman–Crippen MR) is 100.0 cm³/mol. The highest BCUT2D eigenvalue weighted by Gasteiger charge is 2.31. The van der Waals surface area contributed by atoms with Crippen LogP contribution >= 0.6 is 11.8 Å². The molecule has 0 radical (unpaired) electrons. The number of benzene rings is 2. The van der Waals surface area contributed by atoms with Crippen LogP contribution in [0.3, 0.4) is 0 Å². The van der Waals surface area contributed by atoms with Gasteiger partial charge in [0, 0.05) is 12.1 Å². The Bertz CT molecular complexity index is 996. The van der Waals surface area contributed by atoms with Crippen molar-refractivity contribution < 1.29 is 22.7 Å². The monoisotopic (exact) mass is 407 g/mol. The van der Waals surface area contributed by atoms with E-state index >= 15 is 0 Å². The van der Waals surface area contributed by atoms with Crippen molar-refractivity contribution in [1.82, 2.24) is 15.3 Å². The Morgan fingerprint density at radius 1 is 1.07 bits per heavy atom. The number of nitrogens with one attached hydrogen (secondary N) is 1. The van der Waals surface area contributed by atoms with Crippen molar-refractivity contribution in [2.75, 3.05) is 5.75 Å². The molecule has 3 aromatic rings. The number of alkyl halides is 3. The third-order valence-electron chi connectivity index (χ3n) is 3.72. The van der Waals surface area contributed by atoms with Crippen molar-refractivity contribution in [3.8, 4) is 5.75 Å². The molecule has 0 atom stereocenters. The molecule has 5 nitrogen and oxygen atoms in total. The number of amides is 1.